The Labute approximate surface area is 147 Å². The maximum absolute atomic E-state index is 12.8. The molecule has 0 unspecified atom stereocenters. The van der Waals surface area contributed by atoms with Crippen LogP contribution in [0, 0.1) is 13.8 Å². The topological polar surface area (TPSA) is 68.3 Å². The average Bonchev–Trinajstić information content (AvgIpc) is 2.58. The normalized spacial score (nSPS) is 11.5. The van der Waals surface area contributed by atoms with Gasteiger partial charge in [-0.1, -0.05) is 18.2 Å². The highest BCUT2D eigenvalue weighted by atomic mass is 32.2. The van der Waals surface area contributed by atoms with Crippen molar-refractivity contribution in [3.05, 3.63) is 59.8 Å². The van der Waals surface area contributed by atoms with Crippen molar-refractivity contribution in [1.82, 2.24) is 4.98 Å². The van der Waals surface area contributed by atoms with Gasteiger partial charge in [-0.25, -0.2) is 8.42 Å². The number of rotatable bonds is 5. The predicted molar refractivity (Wildman–Crippen MR) is 99.6 cm³/mol. The molecule has 0 atom stereocenters. The van der Waals surface area contributed by atoms with E-state index < -0.39 is 10.0 Å². The number of nitrogens with zero attached hydrogens (tertiary/aromatic N) is 1. The first-order chi connectivity index (χ1) is 11.9. The van der Waals surface area contributed by atoms with E-state index in [0.717, 1.165) is 16.5 Å². The molecule has 5 nitrogen and oxygen atoms in total. The zero-order valence-corrected chi connectivity index (χ0v) is 15.2. The van der Waals surface area contributed by atoms with Crippen molar-refractivity contribution < 1.29 is 13.2 Å². The molecule has 0 aliphatic heterocycles. The molecule has 0 aliphatic carbocycles. The fourth-order valence-electron chi connectivity index (χ4n) is 2.71. The summed E-state index contributed by atoms with van der Waals surface area (Å²) in [6.07, 6.45) is 1.52. The highest BCUT2D eigenvalue weighted by Crippen LogP contribution is 2.28. The van der Waals surface area contributed by atoms with Crippen LogP contribution < -0.4 is 9.46 Å². The van der Waals surface area contributed by atoms with E-state index in [1.165, 1.54) is 6.20 Å². The second-order valence-electron chi connectivity index (χ2n) is 5.77. The number of pyridine rings is 1. The van der Waals surface area contributed by atoms with Gasteiger partial charge in [0.15, 0.2) is 0 Å². The summed E-state index contributed by atoms with van der Waals surface area (Å²) in [6, 6.07) is 12.6. The van der Waals surface area contributed by atoms with Crippen LogP contribution in [0.5, 0.6) is 5.75 Å². The van der Waals surface area contributed by atoms with Crippen molar-refractivity contribution in [2.24, 2.45) is 0 Å². The van der Waals surface area contributed by atoms with E-state index in [1.54, 1.807) is 25.1 Å². The zero-order valence-electron chi connectivity index (χ0n) is 14.4. The Morgan fingerprint density at radius 2 is 1.84 bits per heavy atom. The molecule has 0 spiro atoms. The van der Waals surface area contributed by atoms with Gasteiger partial charge in [0.2, 0.25) is 0 Å². The molecule has 0 bridgehead atoms. The quantitative estimate of drug-likeness (QED) is 0.749. The van der Waals surface area contributed by atoms with Crippen molar-refractivity contribution in [3.63, 3.8) is 0 Å². The Morgan fingerprint density at radius 3 is 2.60 bits per heavy atom. The minimum Gasteiger partial charge on any atom is -0.494 e. The van der Waals surface area contributed by atoms with Gasteiger partial charge in [0.25, 0.3) is 10.0 Å². The fourth-order valence-corrected chi connectivity index (χ4v) is 4.05. The Morgan fingerprint density at radius 1 is 1.08 bits per heavy atom. The number of hydrogen-bond donors (Lipinski definition) is 1. The summed E-state index contributed by atoms with van der Waals surface area (Å²) in [5.74, 6) is 0.700. The van der Waals surface area contributed by atoms with E-state index in [1.807, 2.05) is 38.1 Å². The lowest BCUT2D eigenvalue weighted by atomic mass is 10.1. The minimum atomic E-state index is -3.71. The highest BCUT2D eigenvalue weighted by molar-refractivity contribution is 7.92. The molecular formula is C19H20N2O3S. The smallest absolute Gasteiger partial charge is 0.262 e. The summed E-state index contributed by atoms with van der Waals surface area (Å²) in [4.78, 5) is 4.53. The van der Waals surface area contributed by atoms with Gasteiger partial charge < -0.3 is 4.74 Å². The summed E-state index contributed by atoms with van der Waals surface area (Å²) in [7, 11) is -3.71. The summed E-state index contributed by atoms with van der Waals surface area (Å²) < 4.78 is 33.7. The van der Waals surface area contributed by atoms with Gasteiger partial charge in [0.05, 0.1) is 28.9 Å². The molecule has 0 saturated carbocycles. The largest absolute Gasteiger partial charge is 0.494 e. The molecule has 2 aromatic carbocycles. The third kappa shape index (κ3) is 3.44. The minimum absolute atomic E-state index is 0.238. The monoisotopic (exact) mass is 356 g/mol. The third-order valence-electron chi connectivity index (χ3n) is 4.12. The van der Waals surface area contributed by atoms with Crippen LogP contribution in [0.1, 0.15) is 18.1 Å². The van der Waals surface area contributed by atoms with Crippen LogP contribution in [0.25, 0.3) is 10.9 Å². The summed E-state index contributed by atoms with van der Waals surface area (Å²) in [5, 5.41) is 0.877. The molecule has 6 heteroatoms. The van der Waals surface area contributed by atoms with Gasteiger partial charge >= 0.3 is 0 Å². The van der Waals surface area contributed by atoms with Crippen LogP contribution in [-0.2, 0) is 10.0 Å². The van der Waals surface area contributed by atoms with E-state index in [9.17, 15) is 8.42 Å². The molecule has 0 amide bonds. The van der Waals surface area contributed by atoms with Crippen LogP contribution >= 0.6 is 0 Å². The van der Waals surface area contributed by atoms with E-state index in [-0.39, 0.29) is 4.90 Å². The Balaban J connectivity index is 1.97. The fraction of sp³-hybridized carbons (Fsp3) is 0.211. The second-order valence-corrected chi connectivity index (χ2v) is 7.42. The van der Waals surface area contributed by atoms with Crippen LogP contribution in [0.2, 0.25) is 0 Å². The van der Waals surface area contributed by atoms with Crippen LogP contribution in [0.4, 0.5) is 5.69 Å². The molecule has 3 rings (SSSR count). The first-order valence-electron chi connectivity index (χ1n) is 8.03. The van der Waals surface area contributed by atoms with Gasteiger partial charge in [-0.3, -0.25) is 9.71 Å². The number of para-hydroxylation sites is 1. The number of aromatic nitrogens is 1. The molecule has 1 heterocycles. The molecule has 1 aromatic heterocycles. The van der Waals surface area contributed by atoms with Gasteiger partial charge in [0.1, 0.15) is 5.75 Å². The van der Waals surface area contributed by atoms with Gasteiger partial charge in [-0.2, -0.15) is 0 Å². The van der Waals surface area contributed by atoms with Crippen LogP contribution in [-0.4, -0.2) is 20.0 Å². The molecule has 1 N–H and O–H groups in total. The van der Waals surface area contributed by atoms with Gasteiger partial charge in [-0.15, -0.1) is 0 Å². The second kappa shape index (κ2) is 6.72. The van der Waals surface area contributed by atoms with Crippen molar-refractivity contribution >= 4 is 26.6 Å². The number of nitrogens with one attached hydrogen (secondary N) is 1. The number of sulfonamides is 1. The number of anilines is 1. The average molecular weight is 356 g/mol. The van der Waals surface area contributed by atoms with Crippen LogP contribution in [0.3, 0.4) is 0 Å². The lowest BCUT2D eigenvalue weighted by Gasteiger charge is -2.15. The van der Waals surface area contributed by atoms with Gasteiger partial charge in [-0.05, 0) is 56.2 Å². The Bertz CT molecular complexity index is 1030. The van der Waals surface area contributed by atoms with E-state index in [4.69, 9.17) is 4.74 Å². The van der Waals surface area contributed by atoms with E-state index in [2.05, 4.69) is 9.71 Å². The van der Waals surface area contributed by atoms with Crippen molar-refractivity contribution in [1.29, 1.82) is 0 Å². The Hall–Kier alpha value is -2.60. The highest BCUT2D eigenvalue weighted by Gasteiger charge is 2.20. The van der Waals surface area contributed by atoms with E-state index >= 15 is 0 Å². The maximum atomic E-state index is 12.8. The summed E-state index contributed by atoms with van der Waals surface area (Å²) >= 11 is 0. The lowest BCUT2D eigenvalue weighted by Crippen LogP contribution is -2.15. The molecule has 3 aromatic rings. The molecule has 130 valence electrons. The molecule has 0 aliphatic rings. The number of hydrogen-bond acceptors (Lipinski definition) is 4. The van der Waals surface area contributed by atoms with Gasteiger partial charge in [0, 0.05) is 5.39 Å². The number of benzene rings is 2. The lowest BCUT2D eigenvalue weighted by molar-refractivity contribution is 0.337. The summed E-state index contributed by atoms with van der Waals surface area (Å²) in [5.41, 5.74) is 2.75. The molecule has 0 saturated heterocycles. The Kier molecular flexibility index (Phi) is 4.63. The summed E-state index contributed by atoms with van der Waals surface area (Å²) in [6.45, 7) is 6.07. The van der Waals surface area contributed by atoms with Crippen LogP contribution in [0.15, 0.2) is 53.6 Å². The number of fused-ring (bicyclic) bond motifs is 1. The van der Waals surface area contributed by atoms with Crippen molar-refractivity contribution in [2.45, 2.75) is 25.7 Å². The van der Waals surface area contributed by atoms with E-state index in [0.29, 0.717) is 23.6 Å². The molecule has 25 heavy (non-hydrogen) atoms. The SMILES string of the molecule is CCOc1ccc(S(=O)(=O)Nc2cnc3ccccc3c2)c(C)c1C. The molecular weight excluding hydrogens is 336 g/mol. The molecule has 0 radical (unpaired) electrons. The molecule has 0 fully saturated rings. The third-order valence-corrected chi connectivity index (χ3v) is 5.65. The predicted octanol–water partition coefficient (Wildman–Crippen LogP) is 4.05. The van der Waals surface area contributed by atoms with Crippen molar-refractivity contribution in [3.8, 4) is 5.75 Å². The zero-order chi connectivity index (χ0) is 18.0. The first-order valence-corrected chi connectivity index (χ1v) is 9.51. The standard InChI is InChI=1S/C19H20N2O3S/c1-4-24-18-9-10-19(14(3)13(18)2)25(22,23)21-16-11-15-7-5-6-8-17(15)20-12-16/h5-12,21H,4H2,1-3H3. The maximum Gasteiger partial charge on any atom is 0.262 e. The van der Waals surface area contributed by atoms with Crippen molar-refractivity contribution in [2.75, 3.05) is 11.3 Å². The number of ether oxygens (including phenoxy) is 1. The first kappa shape index (κ1) is 17.2.